The van der Waals surface area contributed by atoms with Gasteiger partial charge in [0.15, 0.2) is 10.7 Å². The SMILES string of the molecule is O=C(c1ccccn1)C1CCCN(Cc2cc(=O)n3ccsc3n2)C1. The molecular weight excluding hydrogens is 336 g/mol. The van der Waals surface area contributed by atoms with Gasteiger partial charge in [-0.05, 0) is 31.5 Å². The van der Waals surface area contributed by atoms with Crippen molar-refractivity contribution in [2.24, 2.45) is 5.92 Å². The van der Waals surface area contributed by atoms with Crippen LogP contribution in [-0.4, -0.2) is 38.1 Å². The summed E-state index contributed by atoms with van der Waals surface area (Å²) in [5, 5.41) is 1.86. The number of pyridine rings is 1. The van der Waals surface area contributed by atoms with E-state index < -0.39 is 0 Å². The Balaban J connectivity index is 1.49. The lowest BCUT2D eigenvalue weighted by Crippen LogP contribution is -2.38. The monoisotopic (exact) mass is 354 g/mol. The van der Waals surface area contributed by atoms with Crippen molar-refractivity contribution in [3.63, 3.8) is 0 Å². The number of thiazole rings is 1. The fraction of sp³-hybridized carbons (Fsp3) is 0.333. The van der Waals surface area contributed by atoms with Gasteiger partial charge in [0.1, 0.15) is 5.69 Å². The Labute approximate surface area is 148 Å². The van der Waals surface area contributed by atoms with Crippen LogP contribution in [0.5, 0.6) is 0 Å². The summed E-state index contributed by atoms with van der Waals surface area (Å²) >= 11 is 1.45. The highest BCUT2D eigenvalue weighted by atomic mass is 32.1. The Bertz CT molecular complexity index is 950. The third-order valence-corrected chi connectivity index (χ3v) is 5.29. The van der Waals surface area contributed by atoms with Crippen LogP contribution in [0.4, 0.5) is 0 Å². The zero-order chi connectivity index (χ0) is 17.2. The van der Waals surface area contributed by atoms with Crippen molar-refractivity contribution in [3.8, 4) is 0 Å². The minimum Gasteiger partial charge on any atom is -0.297 e. The molecule has 1 aliphatic rings. The number of hydrogen-bond donors (Lipinski definition) is 0. The topological polar surface area (TPSA) is 67.6 Å². The predicted octanol–water partition coefficient (Wildman–Crippen LogP) is 2.25. The molecule has 0 N–H and O–H groups in total. The Morgan fingerprint density at radius 2 is 2.28 bits per heavy atom. The Hall–Kier alpha value is -2.38. The summed E-state index contributed by atoms with van der Waals surface area (Å²) in [7, 11) is 0. The molecule has 0 radical (unpaired) electrons. The predicted molar refractivity (Wildman–Crippen MR) is 95.9 cm³/mol. The lowest BCUT2D eigenvalue weighted by molar-refractivity contribution is 0.0805. The minimum atomic E-state index is -0.0561. The first-order valence-electron chi connectivity index (χ1n) is 8.34. The molecule has 1 aliphatic heterocycles. The molecule has 0 amide bonds. The number of rotatable bonds is 4. The summed E-state index contributed by atoms with van der Waals surface area (Å²) < 4.78 is 1.55. The molecule has 0 saturated carbocycles. The number of likely N-dealkylation sites (tertiary alicyclic amines) is 1. The van der Waals surface area contributed by atoms with E-state index in [1.807, 2.05) is 17.5 Å². The van der Waals surface area contributed by atoms with Gasteiger partial charge in [-0.15, -0.1) is 11.3 Å². The van der Waals surface area contributed by atoms with Gasteiger partial charge >= 0.3 is 0 Å². The maximum atomic E-state index is 12.6. The number of carbonyl (C=O) groups is 1. The van der Waals surface area contributed by atoms with Crippen molar-refractivity contribution in [3.05, 3.63) is 63.8 Å². The van der Waals surface area contributed by atoms with E-state index >= 15 is 0 Å². The van der Waals surface area contributed by atoms with Crippen LogP contribution in [0.2, 0.25) is 0 Å². The molecule has 0 aromatic carbocycles. The third kappa shape index (κ3) is 3.38. The van der Waals surface area contributed by atoms with E-state index in [1.54, 1.807) is 28.9 Å². The lowest BCUT2D eigenvalue weighted by atomic mass is 9.92. The first kappa shape index (κ1) is 16.1. The summed E-state index contributed by atoms with van der Waals surface area (Å²) in [5.74, 6) is 0.0576. The number of carbonyl (C=O) groups excluding carboxylic acids is 1. The molecule has 4 rings (SSSR count). The molecule has 7 heteroatoms. The Morgan fingerprint density at radius 1 is 1.36 bits per heavy atom. The summed E-state index contributed by atoms with van der Waals surface area (Å²) in [6, 6.07) is 7.02. The van der Waals surface area contributed by atoms with E-state index in [9.17, 15) is 9.59 Å². The molecule has 1 atom stereocenters. The summed E-state index contributed by atoms with van der Waals surface area (Å²) in [4.78, 5) is 36.4. The van der Waals surface area contributed by atoms with Crippen LogP contribution in [0.1, 0.15) is 29.0 Å². The largest absolute Gasteiger partial charge is 0.297 e. The smallest absolute Gasteiger partial charge is 0.258 e. The van der Waals surface area contributed by atoms with Gasteiger partial charge in [0.05, 0.1) is 5.69 Å². The molecule has 6 nitrogen and oxygen atoms in total. The second-order valence-corrected chi connectivity index (χ2v) is 7.17. The molecule has 1 unspecified atom stereocenters. The van der Waals surface area contributed by atoms with Crippen LogP contribution < -0.4 is 5.56 Å². The van der Waals surface area contributed by atoms with E-state index in [0.29, 0.717) is 23.7 Å². The normalized spacial score (nSPS) is 18.5. The molecule has 0 spiro atoms. The van der Waals surface area contributed by atoms with Crippen molar-refractivity contribution in [1.29, 1.82) is 0 Å². The molecule has 3 aromatic heterocycles. The Kier molecular flexibility index (Phi) is 4.42. The van der Waals surface area contributed by atoms with Gasteiger partial charge in [0.25, 0.3) is 5.56 Å². The van der Waals surface area contributed by atoms with Gasteiger partial charge in [-0.2, -0.15) is 0 Å². The van der Waals surface area contributed by atoms with E-state index in [1.165, 1.54) is 11.3 Å². The molecule has 0 bridgehead atoms. The van der Waals surface area contributed by atoms with Gasteiger partial charge in [0, 0.05) is 42.8 Å². The maximum absolute atomic E-state index is 12.6. The van der Waals surface area contributed by atoms with E-state index in [-0.39, 0.29) is 17.3 Å². The van der Waals surface area contributed by atoms with Crippen LogP contribution >= 0.6 is 11.3 Å². The van der Waals surface area contributed by atoms with Crippen molar-refractivity contribution in [1.82, 2.24) is 19.3 Å². The molecular formula is C18H18N4O2S. The fourth-order valence-electron chi connectivity index (χ4n) is 3.33. The highest BCUT2D eigenvalue weighted by molar-refractivity contribution is 7.15. The Morgan fingerprint density at radius 3 is 3.12 bits per heavy atom. The van der Waals surface area contributed by atoms with Crippen molar-refractivity contribution < 1.29 is 4.79 Å². The minimum absolute atomic E-state index is 0.0461. The van der Waals surface area contributed by atoms with E-state index in [2.05, 4.69) is 14.9 Å². The highest BCUT2D eigenvalue weighted by Crippen LogP contribution is 2.21. The van der Waals surface area contributed by atoms with E-state index in [4.69, 9.17) is 0 Å². The van der Waals surface area contributed by atoms with E-state index in [0.717, 1.165) is 25.1 Å². The molecule has 25 heavy (non-hydrogen) atoms. The number of piperidine rings is 1. The molecule has 0 aliphatic carbocycles. The van der Waals surface area contributed by atoms with Gasteiger partial charge in [-0.25, -0.2) is 4.98 Å². The highest BCUT2D eigenvalue weighted by Gasteiger charge is 2.27. The van der Waals surface area contributed by atoms with Crippen LogP contribution in [0.25, 0.3) is 4.96 Å². The summed E-state index contributed by atoms with van der Waals surface area (Å²) in [5.41, 5.74) is 1.24. The second kappa shape index (κ2) is 6.85. The first-order chi connectivity index (χ1) is 12.2. The average molecular weight is 354 g/mol. The van der Waals surface area contributed by atoms with Crippen LogP contribution in [0.3, 0.4) is 0 Å². The molecule has 3 aromatic rings. The second-order valence-electron chi connectivity index (χ2n) is 6.29. The standard InChI is InChI=1S/C18H18N4O2S/c23-16-10-14(20-18-22(16)8-9-25-18)12-21-7-3-4-13(11-21)17(24)15-5-1-2-6-19-15/h1-2,5-6,8-10,13H,3-4,7,11-12H2. The van der Waals surface area contributed by atoms with Crippen molar-refractivity contribution in [2.45, 2.75) is 19.4 Å². The summed E-state index contributed by atoms with van der Waals surface area (Å²) in [6.07, 6.45) is 5.23. The molecule has 4 heterocycles. The van der Waals surface area contributed by atoms with Crippen LogP contribution in [0.15, 0.2) is 46.8 Å². The molecule has 1 saturated heterocycles. The third-order valence-electron chi connectivity index (χ3n) is 4.54. The number of nitrogens with zero attached hydrogens (tertiary/aromatic N) is 4. The zero-order valence-electron chi connectivity index (χ0n) is 13.7. The van der Waals surface area contributed by atoms with Gasteiger partial charge in [0.2, 0.25) is 0 Å². The maximum Gasteiger partial charge on any atom is 0.258 e. The summed E-state index contributed by atoms with van der Waals surface area (Å²) in [6.45, 7) is 2.19. The van der Waals surface area contributed by atoms with Crippen molar-refractivity contribution >= 4 is 22.1 Å². The fourth-order valence-corrected chi connectivity index (χ4v) is 4.07. The molecule has 1 fully saturated rings. The zero-order valence-corrected chi connectivity index (χ0v) is 14.5. The number of Topliss-reactive ketones (excluding diaryl/α,β-unsaturated/α-hetero) is 1. The number of hydrogen-bond acceptors (Lipinski definition) is 6. The number of aromatic nitrogens is 3. The lowest BCUT2D eigenvalue weighted by Gasteiger charge is -2.31. The first-order valence-corrected chi connectivity index (χ1v) is 9.22. The number of fused-ring (bicyclic) bond motifs is 1. The van der Waals surface area contributed by atoms with Gasteiger partial charge in [-0.3, -0.25) is 23.9 Å². The van der Waals surface area contributed by atoms with Gasteiger partial charge in [-0.1, -0.05) is 6.07 Å². The quantitative estimate of drug-likeness (QED) is 0.672. The van der Waals surface area contributed by atoms with Crippen LogP contribution in [-0.2, 0) is 6.54 Å². The van der Waals surface area contributed by atoms with Crippen molar-refractivity contribution in [2.75, 3.05) is 13.1 Å². The average Bonchev–Trinajstić information content (AvgIpc) is 3.11. The van der Waals surface area contributed by atoms with Gasteiger partial charge < -0.3 is 0 Å². The van der Waals surface area contributed by atoms with Crippen LogP contribution in [0, 0.1) is 5.92 Å². The molecule has 128 valence electrons. The number of ketones is 1.